The van der Waals surface area contributed by atoms with Crippen molar-refractivity contribution in [2.45, 2.75) is 65.7 Å². The summed E-state index contributed by atoms with van der Waals surface area (Å²) in [5, 5.41) is 0. The van der Waals surface area contributed by atoms with Crippen LogP contribution in [0.3, 0.4) is 0 Å². The van der Waals surface area contributed by atoms with Crippen LogP contribution in [-0.4, -0.2) is 36.0 Å². The van der Waals surface area contributed by atoms with Crippen LogP contribution in [0.2, 0.25) is 0 Å². The zero-order valence-electron chi connectivity index (χ0n) is 13.1. The van der Waals surface area contributed by atoms with Gasteiger partial charge in [0.1, 0.15) is 0 Å². The molecule has 0 aliphatic rings. The third kappa shape index (κ3) is 11.6. The van der Waals surface area contributed by atoms with Gasteiger partial charge < -0.3 is 0 Å². The molecule has 0 heterocycles. The maximum Gasteiger partial charge on any atom is -0.0266 e. The van der Waals surface area contributed by atoms with Crippen LogP contribution in [0.5, 0.6) is 0 Å². The zero-order chi connectivity index (χ0) is 12.6. The highest BCUT2D eigenvalue weighted by atomic mass is 79.9. The van der Waals surface area contributed by atoms with Crippen molar-refractivity contribution in [1.82, 2.24) is 0 Å². The van der Waals surface area contributed by atoms with Crippen LogP contribution in [-0.2, 0) is 0 Å². The van der Waals surface area contributed by atoms with Gasteiger partial charge in [-0.05, 0) is 36.0 Å². The van der Waals surface area contributed by atoms with Gasteiger partial charge in [-0.2, -0.15) is 0 Å². The maximum absolute atomic E-state index is 2.43. The Balaban J connectivity index is -0.00000112. The molecule has 4 heteroatoms. The maximum atomic E-state index is 2.43. The molecular formula is C14H34Br2P2. The molecule has 0 spiro atoms. The molecule has 18 heavy (non-hydrogen) atoms. The van der Waals surface area contributed by atoms with E-state index in [1.54, 1.807) is 12.3 Å². The van der Waals surface area contributed by atoms with Gasteiger partial charge in [0, 0.05) is 0 Å². The minimum Gasteiger partial charge on any atom is -0.114 e. The van der Waals surface area contributed by atoms with E-state index in [2.05, 4.69) is 41.5 Å². The Hall–Kier alpha value is 1.82. The Labute approximate surface area is 140 Å². The first-order valence-electron chi connectivity index (χ1n) is 7.00. The predicted molar refractivity (Wildman–Crippen MR) is 105 cm³/mol. The van der Waals surface area contributed by atoms with Crippen LogP contribution in [0.15, 0.2) is 0 Å². The second kappa shape index (κ2) is 15.2. The molecule has 0 amide bonds. The van der Waals surface area contributed by atoms with Crippen LogP contribution >= 0.6 is 49.8 Å². The summed E-state index contributed by atoms with van der Waals surface area (Å²) in [6, 6.07) is 0. The quantitative estimate of drug-likeness (QED) is 0.360. The number of rotatable bonds is 9. The van der Waals surface area contributed by atoms with Crippen LogP contribution in [0.25, 0.3) is 0 Å². The molecule has 0 aromatic rings. The van der Waals surface area contributed by atoms with Gasteiger partial charge in [0.25, 0.3) is 0 Å². The molecule has 0 nitrogen and oxygen atoms in total. The summed E-state index contributed by atoms with van der Waals surface area (Å²) in [4.78, 5) is 0. The van der Waals surface area contributed by atoms with Gasteiger partial charge in [0.15, 0.2) is 0 Å². The summed E-state index contributed by atoms with van der Waals surface area (Å²) in [5.41, 5.74) is 1.89. The smallest absolute Gasteiger partial charge is 0.0266 e. The van der Waals surface area contributed by atoms with E-state index in [1.165, 1.54) is 25.2 Å². The standard InChI is InChI=1S/C14H32P2.2BrH/c1-7-9-15(13(3)4)11-12-16(10-8-2)14(5)6;;/h13-14H,7-12H2,1-6H3;2*1H. The fourth-order valence-electron chi connectivity index (χ4n) is 2.09. The molecule has 0 saturated carbocycles. The SMILES string of the molecule is Br.Br.CCCP(CCP(CCC)C(C)C)C(C)C. The molecule has 0 rings (SSSR count). The van der Waals surface area contributed by atoms with E-state index >= 15 is 0 Å². The second-order valence-corrected chi connectivity index (χ2v) is 11.5. The lowest BCUT2D eigenvalue weighted by atomic mass is 10.6. The first-order valence-corrected chi connectivity index (χ1v) is 10.6. The largest absolute Gasteiger partial charge is 0.114 e. The summed E-state index contributed by atoms with van der Waals surface area (Å²) < 4.78 is 0. The first kappa shape index (κ1) is 24.8. The summed E-state index contributed by atoms with van der Waals surface area (Å²) in [7, 11) is 0.657. The molecule has 0 fully saturated rings. The Morgan fingerprint density at radius 1 is 0.611 bits per heavy atom. The van der Waals surface area contributed by atoms with Gasteiger partial charge in [-0.25, -0.2) is 0 Å². The second-order valence-electron chi connectivity index (χ2n) is 5.26. The third-order valence-corrected chi connectivity index (χ3v) is 10.1. The van der Waals surface area contributed by atoms with Crippen molar-refractivity contribution >= 4 is 49.8 Å². The van der Waals surface area contributed by atoms with Crippen molar-refractivity contribution in [3.63, 3.8) is 0 Å². The van der Waals surface area contributed by atoms with Crippen LogP contribution < -0.4 is 0 Å². The van der Waals surface area contributed by atoms with E-state index in [9.17, 15) is 0 Å². The first-order chi connectivity index (χ1) is 7.52. The zero-order valence-corrected chi connectivity index (χ0v) is 18.3. The summed E-state index contributed by atoms with van der Waals surface area (Å²) >= 11 is 0. The lowest BCUT2D eigenvalue weighted by Gasteiger charge is -2.26. The summed E-state index contributed by atoms with van der Waals surface area (Å²) in [5.74, 6) is 0. The normalized spacial score (nSPS) is 14.0. The highest BCUT2D eigenvalue weighted by Gasteiger charge is 2.16. The molecule has 0 bridgehead atoms. The molecule has 0 aromatic heterocycles. The highest BCUT2D eigenvalue weighted by Crippen LogP contribution is 2.48. The van der Waals surface area contributed by atoms with Crippen molar-refractivity contribution in [1.29, 1.82) is 0 Å². The monoisotopic (exact) mass is 422 g/mol. The van der Waals surface area contributed by atoms with Gasteiger partial charge in [-0.3, -0.25) is 0 Å². The molecule has 114 valence electrons. The van der Waals surface area contributed by atoms with Crippen LogP contribution in [0.4, 0.5) is 0 Å². The van der Waals surface area contributed by atoms with Gasteiger partial charge in [0.05, 0.1) is 0 Å². The van der Waals surface area contributed by atoms with Crippen molar-refractivity contribution in [3.05, 3.63) is 0 Å². The van der Waals surface area contributed by atoms with Crippen LogP contribution in [0, 0.1) is 0 Å². The van der Waals surface area contributed by atoms with E-state index in [0.29, 0.717) is 15.8 Å². The Morgan fingerprint density at radius 2 is 0.889 bits per heavy atom. The number of hydrogen-bond donors (Lipinski definition) is 0. The lowest BCUT2D eigenvalue weighted by Crippen LogP contribution is -2.08. The van der Waals surface area contributed by atoms with Gasteiger partial charge in [-0.15, -0.1) is 49.8 Å². The van der Waals surface area contributed by atoms with E-state index in [-0.39, 0.29) is 34.0 Å². The minimum atomic E-state index is 0. The fraction of sp³-hybridized carbons (Fsp3) is 1.00. The molecule has 2 unspecified atom stereocenters. The topological polar surface area (TPSA) is 0 Å². The molecule has 0 saturated heterocycles. The van der Waals surface area contributed by atoms with Gasteiger partial charge in [0.2, 0.25) is 0 Å². The van der Waals surface area contributed by atoms with E-state index in [4.69, 9.17) is 0 Å². The lowest BCUT2D eigenvalue weighted by molar-refractivity contribution is 1.01. The van der Waals surface area contributed by atoms with E-state index < -0.39 is 0 Å². The summed E-state index contributed by atoms with van der Waals surface area (Å²) in [6.45, 7) is 14.4. The number of halogens is 2. The third-order valence-electron chi connectivity index (χ3n) is 3.16. The molecule has 2 atom stereocenters. The molecule has 0 aromatic carbocycles. The molecule has 0 aliphatic heterocycles. The van der Waals surface area contributed by atoms with Crippen molar-refractivity contribution in [2.75, 3.05) is 24.6 Å². The highest BCUT2D eigenvalue weighted by molar-refractivity contribution is 8.93. The molecule has 0 N–H and O–H groups in total. The van der Waals surface area contributed by atoms with Gasteiger partial charge in [-0.1, -0.05) is 54.4 Å². The average Bonchev–Trinajstić information content (AvgIpc) is 2.21. The van der Waals surface area contributed by atoms with Crippen molar-refractivity contribution < 1.29 is 0 Å². The minimum absolute atomic E-state index is 0. The molecule has 0 radical (unpaired) electrons. The van der Waals surface area contributed by atoms with E-state index in [1.807, 2.05) is 0 Å². The molecule has 0 aliphatic carbocycles. The number of hydrogen-bond acceptors (Lipinski definition) is 0. The Bertz CT molecular complexity index is 146. The van der Waals surface area contributed by atoms with E-state index in [0.717, 1.165) is 11.3 Å². The fourth-order valence-corrected chi connectivity index (χ4v) is 7.80. The predicted octanol–water partition coefficient (Wildman–Crippen LogP) is 6.74. The molecular weight excluding hydrogens is 390 g/mol. The Kier molecular flexibility index (Phi) is 21.0. The van der Waals surface area contributed by atoms with Gasteiger partial charge >= 0.3 is 0 Å². The average molecular weight is 424 g/mol. The van der Waals surface area contributed by atoms with Crippen molar-refractivity contribution in [3.8, 4) is 0 Å². The van der Waals surface area contributed by atoms with Crippen LogP contribution in [0.1, 0.15) is 54.4 Å². The summed E-state index contributed by atoms with van der Waals surface area (Å²) in [6.07, 6.45) is 8.87. The van der Waals surface area contributed by atoms with Crippen molar-refractivity contribution in [2.24, 2.45) is 0 Å². The Morgan fingerprint density at radius 3 is 1.06 bits per heavy atom.